The van der Waals surface area contributed by atoms with Crippen molar-refractivity contribution in [2.75, 3.05) is 0 Å². The Hall–Kier alpha value is -7.64. The molecule has 0 aliphatic carbocycles. The van der Waals surface area contributed by atoms with Gasteiger partial charge < -0.3 is 4.98 Å². The molecule has 8 aromatic carbocycles. The van der Waals surface area contributed by atoms with Gasteiger partial charge in [0.1, 0.15) is 11.9 Å². The van der Waals surface area contributed by atoms with Crippen molar-refractivity contribution in [3.8, 4) is 78.9 Å². The van der Waals surface area contributed by atoms with Gasteiger partial charge in [-0.1, -0.05) is 210 Å². The molecule has 0 aliphatic rings. The van der Waals surface area contributed by atoms with Crippen LogP contribution < -0.4 is 4.98 Å². The number of hydrogen-bond acceptors (Lipinski definition) is 3. The van der Waals surface area contributed by atoms with Crippen molar-refractivity contribution in [3.63, 3.8) is 0 Å². The number of nitrogens with zero attached hydrogens (tertiary/aromatic N) is 5. The molecule has 0 N–H and O–H groups in total. The summed E-state index contributed by atoms with van der Waals surface area (Å²) >= 11 is 0. The van der Waals surface area contributed by atoms with E-state index in [0.717, 1.165) is 106 Å². The van der Waals surface area contributed by atoms with Gasteiger partial charge in [0.2, 0.25) is 0 Å². The normalized spacial score (nSPS) is 11.8. The van der Waals surface area contributed by atoms with Crippen molar-refractivity contribution < 1.29 is 21.1 Å². The standard InChI is InChI=1S/C63H49N5.Pt/c1-62(2,3)47-29-30-55-52(34-47)53-35-48(63(4,5)6)36-54(59(53)66-55)61-67-60-50(26-18-28-58(60)68(61)57-27-17-16-25-49(57)41-21-12-8-13-22-41)44-31-43(40-19-10-7-11-20-40)32-45(33-44)56-37-51(46(38-64)39-65-56)42-23-14-9-15-24-42;/h7-32,34-37,39H,1-6H3;/q-2;+2. The maximum Gasteiger partial charge on any atom is 2.00 e. The summed E-state index contributed by atoms with van der Waals surface area (Å²) in [6.07, 6.45) is 1.68. The average molecular weight is 1070 g/mol. The number of fused-ring (bicyclic) bond motifs is 4. The van der Waals surface area contributed by atoms with Gasteiger partial charge in [0, 0.05) is 23.0 Å². The van der Waals surface area contributed by atoms with Crippen LogP contribution in [0.25, 0.3) is 106 Å². The SMILES string of the molecule is CC(C)(C)c1ccc2[n-]c3c(-c4nc5c(-c6[c-]c(-c7cc(-c8ccccc8)c(C#N)cn7)cc(-c7ccccc7)c6)cccc5n4-c4ccccc4-c4ccccc4)cc(C(C)(C)C)cc3c2c1.[Pt+2]. The van der Waals surface area contributed by atoms with E-state index in [2.05, 4.69) is 198 Å². The van der Waals surface area contributed by atoms with E-state index < -0.39 is 0 Å². The Balaban J connectivity index is 0.00000553. The minimum atomic E-state index is -0.165. The van der Waals surface area contributed by atoms with E-state index in [4.69, 9.17) is 15.0 Å². The quantitative estimate of drug-likeness (QED) is 0.149. The summed E-state index contributed by atoms with van der Waals surface area (Å²) in [5, 5.41) is 12.5. The van der Waals surface area contributed by atoms with Crippen LogP contribution in [0.3, 0.4) is 0 Å². The molecule has 11 rings (SSSR count). The summed E-state index contributed by atoms with van der Waals surface area (Å²) < 4.78 is 2.35. The van der Waals surface area contributed by atoms with E-state index in [-0.39, 0.29) is 31.9 Å². The summed E-state index contributed by atoms with van der Waals surface area (Å²) in [6, 6.07) is 70.1. The molecule has 0 amide bonds. The number of rotatable bonds is 7. The Bertz CT molecular complexity index is 3750. The van der Waals surface area contributed by atoms with Crippen LogP contribution in [-0.4, -0.2) is 14.5 Å². The molecule has 5 nitrogen and oxygen atoms in total. The molecule has 0 saturated carbocycles. The molecule has 336 valence electrons. The molecule has 11 aromatic rings. The number of nitriles is 1. The number of aromatic nitrogens is 4. The van der Waals surface area contributed by atoms with E-state index in [1.165, 1.54) is 11.1 Å². The van der Waals surface area contributed by atoms with E-state index in [1.807, 2.05) is 42.5 Å². The van der Waals surface area contributed by atoms with Crippen LogP contribution >= 0.6 is 0 Å². The first-order chi connectivity index (χ1) is 32.9. The Morgan fingerprint density at radius 2 is 1.14 bits per heavy atom. The third kappa shape index (κ3) is 8.30. The Morgan fingerprint density at radius 1 is 0.536 bits per heavy atom. The molecule has 0 saturated heterocycles. The van der Waals surface area contributed by atoms with Crippen LogP contribution in [0, 0.1) is 17.4 Å². The molecule has 0 unspecified atom stereocenters. The first kappa shape index (κ1) is 45.2. The van der Waals surface area contributed by atoms with Crippen LogP contribution in [0.15, 0.2) is 188 Å². The molecule has 0 spiro atoms. The van der Waals surface area contributed by atoms with Gasteiger partial charge >= 0.3 is 21.1 Å². The van der Waals surface area contributed by atoms with Crippen molar-refractivity contribution in [1.29, 1.82) is 5.26 Å². The molecular weight excluding hydrogens is 1020 g/mol. The summed E-state index contributed by atoms with van der Waals surface area (Å²) in [5.74, 6) is 0.812. The van der Waals surface area contributed by atoms with Gasteiger partial charge in [-0.3, -0.25) is 9.55 Å². The molecule has 0 aliphatic heterocycles. The Morgan fingerprint density at radius 3 is 1.83 bits per heavy atom. The zero-order valence-electron chi connectivity index (χ0n) is 39.5. The number of para-hydroxylation sites is 2. The number of hydrogen-bond donors (Lipinski definition) is 0. The second kappa shape index (κ2) is 17.8. The molecule has 0 fully saturated rings. The second-order valence-electron chi connectivity index (χ2n) is 19.7. The van der Waals surface area contributed by atoms with Crippen LogP contribution in [0.1, 0.15) is 58.2 Å². The summed E-state index contributed by atoms with van der Waals surface area (Å²) in [6.45, 7) is 13.6. The van der Waals surface area contributed by atoms with Crippen molar-refractivity contribution >= 4 is 32.8 Å². The van der Waals surface area contributed by atoms with Crippen molar-refractivity contribution in [1.82, 2.24) is 19.5 Å². The predicted molar refractivity (Wildman–Crippen MR) is 281 cm³/mol. The number of imidazole rings is 1. The van der Waals surface area contributed by atoms with Crippen LogP contribution in [-0.2, 0) is 31.9 Å². The van der Waals surface area contributed by atoms with Gasteiger partial charge in [-0.2, -0.15) is 5.26 Å². The largest absolute Gasteiger partial charge is 2.00 e. The van der Waals surface area contributed by atoms with Crippen LogP contribution in [0.5, 0.6) is 0 Å². The van der Waals surface area contributed by atoms with Crippen molar-refractivity contribution in [2.24, 2.45) is 0 Å². The zero-order chi connectivity index (χ0) is 46.7. The van der Waals surface area contributed by atoms with Crippen molar-refractivity contribution in [3.05, 3.63) is 211 Å². The summed E-state index contributed by atoms with van der Waals surface area (Å²) in [4.78, 5) is 16.1. The second-order valence-corrected chi connectivity index (χ2v) is 19.7. The molecule has 6 heteroatoms. The topological polar surface area (TPSA) is 68.6 Å². The third-order valence-corrected chi connectivity index (χ3v) is 13.2. The summed E-state index contributed by atoms with van der Waals surface area (Å²) in [5.41, 5.74) is 18.0. The van der Waals surface area contributed by atoms with Gasteiger partial charge in [0.05, 0.1) is 22.3 Å². The van der Waals surface area contributed by atoms with E-state index in [0.29, 0.717) is 5.56 Å². The van der Waals surface area contributed by atoms with Gasteiger partial charge in [-0.15, -0.1) is 34.8 Å². The molecule has 3 heterocycles. The van der Waals surface area contributed by atoms with Gasteiger partial charge in [-0.25, -0.2) is 4.98 Å². The Labute approximate surface area is 418 Å². The smallest absolute Gasteiger partial charge is 0.656 e. The Kier molecular flexibility index (Phi) is 11.6. The van der Waals surface area contributed by atoms with Gasteiger partial charge in [-0.05, 0) is 73.2 Å². The molecule has 69 heavy (non-hydrogen) atoms. The first-order valence-electron chi connectivity index (χ1n) is 23.2. The third-order valence-electron chi connectivity index (χ3n) is 13.2. The average Bonchev–Trinajstić information content (AvgIpc) is 3.95. The molecule has 0 bridgehead atoms. The predicted octanol–water partition coefficient (Wildman–Crippen LogP) is 16.0. The maximum atomic E-state index is 10.2. The molecule has 0 atom stereocenters. The van der Waals surface area contributed by atoms with Gasteiger partial charge in [0.25, 0.3) is 0 Å². The fourth-order valence-electron chi connectivity index (χ4n) is 9.47. The fraction of sp³-hybridized carbons (Fsp3) is 0.127. The number of benzene rings is 8. The van der Waals surface area contributed by atoms with Crippen LogP contribution in [0.2, 0.25) is 0 Å². The minimum Gasteiger partial charge on any atom is -0.656 e. The van der Waals surface area contributed by atoms with Crippen molar-refractivity contribution in [2.45, 2.75) is 52.4 Å². The minimum absolute atomic E-state index is 0. The monoisotopic (exact) mass is 1070 g/mol. The van der Waals surface area contributed by atoms with E-state index >= 15 is 0 Å². The van der Waals surface area contributed by atoms with Gasteiger partial charge in [0.15, 0.2) is 0 Å². The molecular formula is C63H49N5Pt. The fourth-order valence-corrected chi connectivity index (χ4v) is 9.47. The molecule has 0 radical (unpaired) electrons. The zero-order valence-corrected chi connectivity index (χ0v) is 41.7. The summed E-state index contributed by atoms with van der Waals surface area (Å²) in [7, 11) is 0. The maximum absolute atomic E-state index is 10.2. The molecule has 3 aromatic heterocycles. The first-order valence-corrected chi connectivity index (χ1v) is 23.2. The number of pyridine rings is 1. The van der Waals surface area contributed by atoms with E-state index in [9.17, 15) is 5.26 Å². The van der Waals surface area contributed by atoms with Crippen LogP contribution in [0.4, 0.5) is 0 Å². The van der Waals surface area contributed by atoms with E-state index in [1.54, 1.807) is 6.20 Å².